The standard InChI is InChI=1S/C11H12BrFN2O/c12-9-2-1-8(13)5-7(9)6-15-10(16)11(14)3-4-11/h1-2,5H,3-4,6,14H2,(H,15,16). The molecule has 3 nitrogen and oxygen atoms in total. The first-order valence-corrected chi connectivity index (χ1v) is 5.82. The minimum absolute atomic E-state index is 0.163. The molecule has 0 aliphatic heterocycles. The lowest BCUT2D eigenvalue weighted by atomic mass is 10.2. The van der Waals surface area contributed by atoms with Crippen LogP contribution in [0.5, 0.6) is 0 Å². The Morgan fingerprint density at radius 1 is 1.56 bits per heavy atom. The van der Waals surface area contributed by atoms with Crippen LogP contribution in [-0.2, 0) is 11.3 Å². The lowest BCUT2D eigenvalue weighted by molar-refractivity contribution is -0.123. The van der Waals surface area contributed by atoms with Gasteiger partial charge in [-0.25, -0.2) is 4.39 Å². The monoisotopic (exact) mass is 286 g/mol. The molecular formula is C11H12BrFN2O. The van der Waals surface area contributed by atoms with E-state index in [1.165, 1.54) is 12.1 Å². The van der Waals surface area contributed by atoms with Gasteiger partial charge in [0, 0.05) is 11.0 Å². The summed E-state index contributed by atoms with van der Waals surface area (Å²) in [6.07, 6.45) is 1.45. The lowest BCUT2D eigenvalue weighted by Gasteiger charge is -2.11. The van der Waals surface area contributed by atoms with Gasteiger partial charge in [-0.15, -0.1) is 0 Å². The van der Waals surface area contributed by atoms with Crippen molar-refractivity contribution in [2.24, 2.45) is 5.73 Å². The number of benzene rings is 1. The second-order valence-electron chi connectivity index (χ2n) is 4.07. The zero-order valence-corrected chi connectivity index (χ0v) is 10.2. The van der Waals surface area contributed by atoms with E-state index in [0.29, 0.717) is 5.56 Å². The van der Waals surface area contributed by atoms with Gasteiger partial charge in [-0.1, -0.05) is 15.9 Å². The molecule has 0 saturated heterocycles. The van der Waals surface area contributed by atoms with Crippen LogP contribution < -0.4 is 11.1 Å². The highest BCUT2D eigenvalue weighted by Crippen LogP contribution is 2.32. The highest BCUT2D eigenvalue weighted by atomic mass is 79.9. The molecule has 1 fully saturated rings. The quantitative estimate of drug-likeness (QED) is 0.889. The van der Waals surface area contributed by atoms with E-state index < -0.39 is 5.54 Å². The molecule has 0 bridgehead atoms. The van der Waals surface area contributed by atoms with Gasteiger partial charge in [0.1, 0.15) is 5.82 Å². The van der Waals surface area contributed by atoms with Crippen molar-refractivity contribution in [1.82, 2.24) is 5.32 Å². The van der Waals surface area contributed by atoms with Gasteiger partial charge in [-0.2, -0.15) is 0 Å². The van der Waals surface area contributed by atoms with Crippen LogP contribution in [0.2, 0.25) is 0 Å². The molecule has 0 heterocycles. The SMILES string of the molecule is NC1(C(=O)NCc2cc(F)ccc2Br)CC1. The molecule has 1 aliphatic rings. The Labute approximate surface area is 101 Å². The zero-order chi connectivity index (χ0) is 11.8. The molecule has 1 aromatic rings. The first-order valence-electron chi connectivity index (χ1n) is 5.02. The third-order valence-corrected chi connectivity index (χ3v) is 3.46. The van der Waals surface area contributed by atoms with Gasteiger partial charge < -0.3 is 11.1 Å². The summed E-state index contributed by atoms with van der Waals surface area (Å²) in [5.41, 5.74) is 5.75. The summed E-state index contributed by atoms with van der Waals surface area (Å²) in [7, 11) is 0. The average Bonchev–Trinajstić information content (AvgIpc) is 2.99. The molecule has 0 radical (unpaired) electrons. The first-order chi connectivity index (χ1) is 7.51. The van der Waals surface area contributed by atoms with E-state index >= 15 is 0 Å². The van der Waals surface area contributed by atoms with Crippen LogP contribution in [0.1, 0.15) is 18.4 Å². The Bertz CT molecular complexity index is 432. The van der Waals surface area contributed by atoms with Crippen molar-refractivity contribution < 1.29 is 9.18 Å². The van der Waals surface area contributed by atoms with Gasteiger partial charge in [0.2, 0.25) is 5.91 Å². The molecule has 0 aromatic heterocycles. The Balaban J connectivity index is 1.99. The second-order valence-corrected chi connectivity index (χ2v) is 4.93. The predicted molar refractivity (Wildman–Crippen MR) is 62.1 cm³/mol. The van der Waals surface area contributed by atoms with Gasteiger partial charge in [0.25, 0.3) is 0 Å². The molecule has 5 heteroatoms. The molecule has 2 rings (SSSR count). The van der Waals surface area contributed by atoms with Crippen molar-refractivity contribution >= 4 is 21.8 Å². The Morgan fingerprint density at radius 2 is 2.25 bits per heavy atom. The number of amides is 1. The largest absolute Gasteiger partial charge is 0.350 e. The predicted octanol–water partition coefficient (Wildman–Crippen LogP) is 1.70. The highest BCUT2D eigenvalue weighted by molar-refractivity contribution is 9.10. The van der Waals surface area contributed by atoms with Gasteiger partial charge in [0.05, 0.1) is 5.54 Å². The van der Waals surface area contributed by atoms with Crippen molar-refractivity contribution in [2.75, 3.05) is 0 Å². The average molecular weight is 287 g/mol. The molecule has 0 atom stereocenters. The van der Waals surface area contributed by atoms with Crippen molar-refractivity contribution in [3.8, 4) is 0 Å². The van der Waals surface area contributed by atoms with Gasteiger partial charge in [-0.3, -0.25) is 4.79 Å². The van der Waals surface area contributed by atoms with E-state index in [-0.39, 0.29) is 18.3 Å². The molecule has 16 heavy (non-hydrogen) atoms. The summed E-state index contributed by atoms with van der Waals surface area (Å²) in [5, 5.41) is 2.71. The third-order valence-electron chi connectivity index (χ3n) is 2.69. The molecular weight excluding hydrogens is 275 g/mol. The number of carbonyl (C=O) groups excluding carboxylic acids is 1. The fourth-order valence-corrected chi connectivity index (χ4v) is 1.78. The van der Waals surface area contributed by atoms with E-state index in [9.17, 15) is 9.18 Å². The van der Waals surface area contributed by atoms with E-state index in [1.807, 2.05) is 0 Å². The number of hydrogen-bond acceptors (Lipinski definition) is 2. The zero-order valence-electron chi connectivity index (χ0n) is 8.59. The van der Waals surface area contributed by atoms with E-state index in [0.717, 1.165) is 17.3 Å². The summed E-state index contributed by atoms with van der Waals surface area (Å²) in [4.78, 5) is 11.6. The third kappa shape index (κ3) is 2.41. The summed E-state index contributed by atoms with van der Waals surface area (Å²) in [5.74, 6) is -0.481. The molecule has 1 amide bonds. The number of halogens is 2. The van der Waals surface area contributed by atoms with Crippen LogP contribution in [0, 0.1) is 5.82 Å². The van der Waals surface area contributed by atoms with Crippen molar-refractivity contribution in [2.45, 2.75) is 24.9 Å². The highest BCUT2D eigenvalue weighted by Gasteiger charge is 2.45. The normalized spacial score (nSPS) is 16.9. The van der Waals surface area contributed by atoms with Crippen LogP contribution in [0.15, 0.2) is 22.7 Å². The summed E-state index contributed by atoms with van der Waals surface area (Å²) in [6, 6.07) is 4.37. The van der Waals surface area contributed by atoms with Crippen LogP contribution in [-0.4, -0.2) is 11.4 Å². The topological polar surface area (TPSA) is 55.1 Å². The molecule has 1 saturated carbocycles. The van der Waals surface area contributed by atoms with Crippen LogP contribution in [0.4, 0.5) is 4.39 Å². The lowest BCUT2D eigenvalue weighted by Crippen LogP contribution is -2.42. The molecule has 1 aromatic carbocycles. The molecule has 0 spiro atoms. The number of carbonyl (C=O) groups is 1. The van der Waals surface area contributed by atoms with Crippen LogP contribution in [0.25, 0.3) is 0 Å². The van der Waals surface area contributed by atoms with E-state index in [4.69, 9.17) is 5.73 Å². The Kier molecular flexibility index (Phi) is 2.99. The Morgan fingerprint density at radius 3 is 2.88 bits per heavy atom. The van der Waals surface area contributed by atoms with Crippen molar-refractivity contribution in [1.29, 1.82) is 0 Å². The van der Waals surface area contributed by atoms with E-state index in [1.54, 1.807) is 6.07 Å². The fraction of sp³-hybridized carbons (Fsp3) is 0.364. The maximum absolute atomic E-state index is 13.0. The van der Waals surface area contributed by atoms with Gasteiger partial charge in [0.15, 0.2) is 0 Å². The number of hydrogen-bond donors (Lipinski definition) is 2. The second kappa shape index (κ2) is 4.14. The summed E-state index contributed by atoms with van der Waals surface area (Å²) >= 11 is 3.30. The molecule has 0 unspecified atom stereocenters. The molecule has 3 N–H and O–H groups in total. The smallest absolute Gasteiger partial charge is 0.240 e. The number of nitrogens with two attached hydrogens (primary N) is 1. The molecule has 86 valence electrons. The fourth-order valence-electron chi connectivity index (χ4n) is 1.39. The Hall–Kier alpha value is -0.940. The van der Waals surface area contributed by atoms with Gasteiger partial charge >= 0.3 is 0 Å². The minimum atomic E-state index is -0.681. The van der Waals surface area contributed by atoms with Gasteiger partial charge in [-0.05, 0) is 36.6 Å². The van der Waals surface area contributed by atoms with Crippen LogP contribution in [0.3, 0.4) is 0 Å². The number of nitrogens with one attached hydrogen (secondary N) is 1. The summed E-state index contributed by atoms with van der Waals surface area (Å²) < 4.78 is 13.7. The van der Waals surface area contributed by atoms with E-state index in [2.05, 4.69) is 21.2 Å². The maximum Gasteiger partial charge on any atom is 0.240 e. The van der Waals surface area contributed by atoms with Crippen molar-refractivity contribution in [3.05, 3.63) is 34.1 Å². The molecule has 1 aliphatic carbocycles. The van der Waals surface area contributed by atoms with Crippen molar-refractivity contribution in [3.63, 3.8) is 0 Å². The number of rotatable bonds is 3. The minimum Gasteiger partial charge on any atom is -0.350 e. The van der Waals surface area contributed by atoms with Crippen LogP contribution >= 0.6 is 15.9 Å². The first kappa shape index (κ1) is 11.5. The summed E-state index contributed by atoms with van der Waals surface area (Å²) in [6.45, 7) is 0.288. The maximum atomic E-state index is 13.0.